The number of thiocarbonyl (C=S) groups is 1. The Labute approximate surface area is 159 Å². The Morgan fingerprint density at radius 3 is 2.73 bits per heavy atom. The van der Waals surface area contributed by atoms with E-state index in [-0.39, 0.29) is 24.5 Å². The van der Waals surface area contributed by atoms with Crippen molar-refractivity contribution in [1.82, 2.24) is 19.8 Å². The van der Waals surface area contributed by atoms with E-state index in [1.165, 1.54) is 24.1 Å². The molecule has 3 heterocycles. The lowest BCUT2D eigenvalue weighted by molar-refractivity contribution is -0.140. The largest absolute Gasteiger partial charge is 0.469 e. The highest BCUT2D eigenvalue weighted by atomic mass is 32.1. The molecule has 26 heavy (non-hydrogen) atoms. The Kier molecular flexibility index (Phi) is 5.27. The van der Waals surface area contributed by atoms with Gasteiger partial charge in [-0.05, 0) is 49.8 Å². The smallest absolute Gasteiger partial charge is 0.307 e. The number of aryl methyl sites for hydroxylation is 1. The minimum atomic E-state index is -0.242. The van der Waals surface area contributed by atoms with Gasteiger partial charge in [-0.15, -0.1) is 0 Å². The number of hydrogen-bond acceptors (Lipinski definition) is 4. The fourth-order valence-electron chi connectivity index (χ4n) is 3.48. The number of pyridine rings is 1. The molecule has 0 spiro atoms. The van der Waals surface area contributed by atoms with Crippen molar-refractivity contribution in [3.05, 3.63) is 53.1 Å². The second-order valence-corrected chi connectivity index (χ2v) is 6.92. The molecule has 2 aromatic heterocycles. The molecule has 1 fully saturated rings. The predicted octanol–water partition coefficient (Wildman–Crippen LogP) is 2.57. The van der Waals surface area contributed by atoms with E-state index >= 15 is 0 Å². The van der Waals surface area contributed by atoms with Gasteiger partial charge in [0.25, 0.3) is 0 Å². The Morgan fingerprint density at radius 1 is 1.38 bits per heavy atom. The van der Waals surface area contributed by atoms with E-state index in [0.717, 1.165) is 5.69 Å². The third-order valence-electron chi connectivity index (χ3n) is 5.12. The standard InChI is InChI=1S/C19H24N4O2S/c1-12-11-14(13(2)22(12)3)18-17(15-7-5-6-9-20-15)21-19(26)23(18)10-8-16(24)25-4/h5-7,9,11,17-18H,8,10H2,1-4H3,(H,21,26)/t17-,18-/m1/s1. The summed E-state index contributed by atoms with van der Waals surface area (Å²) in [4.78, 5) is 18.3. The summed E-state index contributed by atoms with van der Waals surface area (Å²) in [5.41, 5.74) is 4.49. The molecule has 138 valence electrons. The van der Waals surface area contributed by atoms with Gasteiger partial charge in [0.05, 0.1) is 31.3 Å². The van der Waals surface area contributed by atoms with E-state index < -0.39 is 0 Å². The molecule has 6 nitrogen and oxygen atoms in total. The molecule has 2 aromatic rings. The summed E-state index contributed by atoms with van der Waals surface area (Å²) >= 11 is 5.59. The average Bonchev–Trinajstić information content (AvgIpc) is 3.11. The van der Waals surface area contributed by atoms with Gasteiger partial charge in [0.2, 0.25) is 0 Å². The van der Waals surface area contributed by atoms with Crippen LogP contribution in [0.3, 0.4) is 0 Å². The monoisotopic (exact) mass is 372 g/mol. The fourth-order valence-corrected chi connectivity index (χ4v) is 3.81. The lowest BCUT2D eigenvalue weighted by atomic mass is 9.96. The molecule has 0 unspecified atom stereocenters. The Morgan fingerprint density at radius 2 is 2.15 bits per heavy atom. The second-order valence-electron chi connectivity index (χ2n) is 6.53. The van der Waals surface area contributed by atoms with E-state index in [1.807, 2.05) is 18.2 Å². The molecule has 0 saturated carbocycles. The number of carbonyl (C=O) groups excluding carboxylic acids is 1. The molecule has 0 aromatic carbocycles. The highest BCUT2D eigenvalue weighted by Gasteiger charge is 2.41. The minimum Gasteiger partial charge on any atom is -0.469 e. The summed E-state index contributed by atoms with van der Waals surface area (Å²) < 4.78 is 6.97. The minimum absolute atomic E-state index is 0.0260. The van der Waals surface area contributed by atoms with Gasteiger partial charge in [0.1, 0.15) is 0 Å². The van der Waals surface area contributed by atoms with Crippen molar-refractivity contribution in [2.75, 3.05) is 13.7 Å². The van der Waals surface area contributed by atoms with Crippen LogP contribution in [0, 0.1) is 13.8 Å². The van der Waals surface area contributed by atoms with Crippen molar-refractivity contribution in [2.45, 2.75) is 32.4 Å². The number of carbonyl (C=O) groups is 1. The fraction of sp³-hybridized carbons (Fsp3) is 0.421. The Bertz CT molecular complexity index is 818. The molecular formula is C19H24N4O2S. The van der Waals surface area contributed by atoms with Crippen LogP contribution in [0.25, 0.3) is 0 Å². The summed E-state index contributed by atoms with van der Waals surface area (Å²) in [5, 5.41) is 4.03. The molecule has 7 heteroatoms. The first-order valence-corrected chi connectivity index (χ1v) is 9.02. The zero-order valence-corrected chi connectivity index (χ0v) is 16.3. The molecule has 0 bridgehead atoms. The number of hydrogen-bond donors (Lipinski definition) is 1. The normalized spacial score (nSPS) is 19.5. The van der Waals surface area contributed by atoms with E-state index in [0.29, 0.717) is 11.7 Å². The van der Waals surface area contributed by atoms with Gasteiger partial charge in [-0.3, -0.25) is 9.78 Å². The summed E-state index contributed by atoms with van der Waals surface area (Å²) in [6.07, 6.45) is 2.08. The number of ether oxygens (including phenoxy) is 1. The van der Waals surface area contributed by atoms with Crippen molar-refractivity contribution in [1.29, 1.82) is 0 Å². The average molecular weight is 372 g/mol. The summed E-state index contributed by atoms with van der Waals surface area (Å²) in [6.45, 7) is 4.70. The maximum absolute atomic E-state index is 11.7. The van der Waals surface area contributed by atoms with Crippen LogP contribution in [0.2, 0.25) is 0 Å². The van der Waals surface area contributed by atoms with Crippen molar-refractivity contribution in [3.8, 4) is 0 Å². The van der Waals surface area contributed by atoms with Crippen LogP contribution in [0.5, 0.6) is 0 Å². The molecule has 0 radical (unpaired) electrons. The number of rotatable bonds is 5. The van der Waals surface area contributed by atoms with Crippen molar-refractivity contribution in [2.24, 2.45) is 7.05 Å². The molecule has 0 amide bonds. The number of methoxy groups -OCH3 is 1. The lowest BCUT2D eigenvalue weighted by Crippen LogP contribution is -2.32. The topological polar surface area (TPSA) is 59.4 Å². The van der Waals surface area contributed by atoms with Crippen LogP contribution in [0.15, 0.2) is 30.5 Å². The molecule has 0 aliphatic carbocycles. The number of nitrogens with one attached hydrogen (secondary N) is 1. The molecule has 1 saturated heterocycles. The van der Waals surface area contributed by atoms with Gasteiger partial charge in [0, 0.05) is 31.2 Å². The predicted molar refractivity (Wildman–Crippen MR) is 104 cm³/mol. The molecule has 3 rings (SSSR count). The van der Waals surface area contributed by atoms with Crippen molar-refractivity contribution in [3.63, 3.8) is 0 Å². The van der Waals surface area contributed by atoms with Crippen LogP contribution in [-0.4, -0.2) is 39.2 Å². The van der Waals surface area contributed by atoms with Gasteiger partial charge < -0.3 is 19.5 Å². The molecule has 2 atom stereocenters. The summed E-state index contributed by atoms with van der Waals surface area (Å²) in [5.74, 6) is -0.242. The number of aromatic nitrogens is 2. The van der Waals surface area contributed by atoms with Crippen LogP contribution in [-0.2, 0) is 16.6 Å². The van der Waals surface area contributed by atoms with E-state index in [9.17, 15) is 4.79 Å². The van der Waals surface area contributed by atoms with Crippen LogP contribution in [0.4, 0.5) is 0 Å². The van der Waals surface area contributed by atoms with Gasteiger partial charge >= 0.3 is 5.97 Å². The van der Waals surface area contributed by atoms with Gasteiger partial charge in [-0.1, -0.05) is 6.07 Å². The third-order valence-corrected chi connectivity index (χ3v) is 5.47. The van der Waals surface area contributed by atoms with Crippen LogP contribution >= 0.6 is 12.2 Å². The van der Waals surface area contributed by atoms with Gasteiger partial charge in [-0.25, -0.2) is 0 Å². The SMILES string of the molecule is COC(=O)CCN1C(=S)N[C@H](c2ccccn2)[C@H]1c1cc(C)n(C)c1C. The molecule has 1 aliphatic heterocycles. The highest BCUT2D eigenvalue weighted by molar-refractivity contribution is 7.80. The highest BCUT2D eigenvalue weighted by Crippen LogP contribution is 2.40. The van der Waals surface area contributed by atoms with Gasteiger partial charge in [-0.2, -0.15) is 0 Å². The first-order chi connectivity index (χ1) is 12.4. The lowest BCUT2D eigenvalue weighted by Gasteiger charge is -2.27. The number of nitrogens with zero attached hydrogens (tertiary/aromatic N) is 3. The van der Waals surface area contributed by atoms with E-state index in [2.05, 4.69) is 46.7 Å². The first kappa shape index (κ1) is 18.4. The zero-order valence-electron chi connectivity index (χ0n) is 15.5. The summed E-state index contributed by atoms with van der Waals surface area (Å²) in [6, 6.07) is 7.98. The molecule has 1 N–H and O–H groups in total. The quantitative estimate of drug-likeness (QED) is 0.643. The van der Waals surface area contributed by atoms with E-state index in [4.69, 9.17) is 17.0 Å². The first-order valence-electron chi connectivity index (χ1n) is 8.61. The van der Waals surface area contributed by atoms with Crippen LogP contribution in [0.1, 0.15) is 41.1 Å². The maximum Gasteiger partial charge on any atom is 0.307 e. The maximum atomic E-state index is 11.7. The summed E-state index contributed by atoms with van der Waals surface area (Å²) in [7, 11) is 3.46. The molecular weight excluding hydrogens is 348 g/mol. The van der Waals surface area contributed by atoms with Crippen molar-refractivity contribution >= 4 is 23.3 Å². The van der Waals surface area contributed by atoms with Crippen LogP contribution < -0.4 is 5.32 Å². The Balaban J connectivity index is 2.01. The van der Waals surface area contributed by atoms with Crippen molar-refractivity contribution < 1.29 is 9.53 Å². The Hall–Kier alpha value is -2.41. The van der Waals surface area contributed by atoms with Gasteiger partial charge in [0.15, 0.2) is 5.11 Å². The third kappa shape index (κ3) is 3.31. The number of esters is 1. The van der Waals surface area contributed by atoms with E-state index in [1.54, 1.807) is 6.20 Å². The second kappa shape index (κ2) is 7.45. The zero-order chi connectivity index (χ0) is 18.8. The molecule has 1 aliphatic rings.